The van der Waals surface area contributed by atoms with E-state index >= 15 is 0 Å². The fraction of sp³-hybridized carbons (Fsp3) is 0.467. The Morgan fingerprint density at radius 3 is 2.38 bits per heavy atom. The minimum Gasteiger partial charge on any atom is -0.508 e. The van der Waals surface area contributed by atoms with Gasteiger partial charge in [-0.2, -0.15) is 0 Å². The number of carboxylic acids is 1. The van der Waals surface area contributed by atoms with E-state index in [2.05, 4.69) is 5.32 Å². The molecule has 0 unspecified atom stereocenters. The second kappa shape index (κ2) is 6.13. The lowest BCUT2D eigenvalue weighted by Crippen LogP contribution is -2.58. The molecule has 1 atom stereocenters. The molecule has 0 radical (unpaired) electrons. The molecule has 1 aliphatic carbocycles. The summed E-state index contributed by atoms with van der Waals surface area (Å²) in [4.78, 5) is 23.0. The first-order valence-electron chi connectivity index (χ1n) is 6.97. The summed E-state index contributed by atoms with van der Waals surface area (Å²) in [6.45, 7) is 0. The number of aromatic hydroxyl groups is 1. The summed E-state index contributed by atoms with van der Waals surface area (Å²) >= 11 is 0. The summed E-state index contributed by atoms with van der Waals surface area (Å²) in [5.74, 6) is -1.09. The van der Waals surface area contributed by atoms with Gasteiger partial charge in [-0.3, -0.25) is 9.59 Å². The van der Waals surface area contributed by atoms with Crippen molar-refractivity contribution in [3.8, 4) is 5.75 Å². The fourth-order valence-corrected chi connectivity index (χ4v) is 2.57. The second-order valence-corrected chi connectivity index (χ2v) is 5.67. The third-order valence-electron chi connectivity index (χ3n) is 3.92. The second-order valence-electron chi connectivity index (χ2n) is 5.67. The van der Waals surface area contributed by atoms with Crippen LogP contribution in [-0.4, -0.2) is 33.7 Å². The molecule has 0 spiro atoms. The van der Waals surface area contributed by atoms with Gasteiger partial charge in [0.15, 0.2) is 0 Å². The Morgan fingerprint density at radius 1 is 1.29 bits per heavy atom. The van der Waals surface area contributed by atoms with E-state index in [9.17, 15) is 14.7 Å². The summed E-state index contributed by atoms with van der Waals surface area (Å²) in [5.41, 5.74) is 6.10. The molecule has 0 saturated heterocycles. The molecule has 5 N–H and O–H groups in total. The molecule has 1 aliphatic rings. The van der Waals surface area contributed by atoms with Crippen LogP contribution >= 0.6 is 0 Å². The van der Waals surface area contributed by atoms with Gasteiger partial charge < -0.3 is 21.3 Å². The molecule has 1 fully saturated rings. The van der Waals surface area contributed by atoms with Crippen molar-refractivity contribution >= 4 is 11.9 Å². The number of phenols is 1. The normalized spacial score (nSPS) is 17.6. The minimum absolute atomic E-state index is 0.0648. The van der Waals surface area contributed by atoms with Gasteiger partial charge in [-0.15, -0.1) is 0 Å². The fourth-order valence-electron chi connectivity index (χ4n) is 2.57. The van der Waals surface area contributed by atoms with Crippen molar-refractivity contribution in [1.29, 1.82) is 0 Å². The Balaban J connectivity index is 1.92. The lowest BCUT2D eigenvalue weighted by molar-refractivity contribution is -0.140. The van der Waals surface area contributed by atoms with Gasteiger partial charge in [-0.1, -0.05) is 12.1 Å². The number of carboxylic acid groups (broad SMARTS) is 1. The van der Waals surface area contributed by atoms with Crippen molar-refractivity contribution in [2.45, 2.75) is 43.7 Å². The highest BCUT2D eigenvalue weighted by Crippen LogP contribution is 2.35. The lowest BCUT2D eigenvalue weighted by Gasteiger charge is -2.42. The monoisotopic (exact) mass is 292 g/mol. The molecule has 21 heavy (non-hydrogen) atoms. The number of phenolic OH excluding ortho intramolecular Hbond substituents is 1. The summed E-state index contributed by atoms with van der Waals surface area (Å²) < 4.78 is 0. The number of hydrogen-bond donors (Lipinski definition) is 4. The summed E-state index contributed by atoms with van der Waals surface area (Å²) in [6, 6.07) is 5.76. The molecule has 1 amide bonds. The molecule has 0 bridgehead atoms. The molecule has 0 heterocycles. The van der Waals surface area contributed by atoms with E-state index in [0.29, 0.717) is 19.3 Å². The van der Waals surface area contributed by atoms with Crippen molar-refractivity contribution in [1.82, 2.24) is 5.32 Å². The molecule has 114 valence electrons. The van der Waals surface area contributed by atoms with Crippen LogP contribution < -0.4 is 11.1 Å². The smallest absolute Gasteiger partial charge is 0.305 e. The van der Waals surface area contributed by atoms with E-state index < -0.39 is 17.6 Å². The zero-order valence-corrected chi connectivity index (χ0v) is 11.7. The number of amides is 1. The highest BCUT2D eigenvalue weighted by atomic mass is 16.4. The first kappa shape index (κ1) is 15.3. The SMILES string of the molecule is N[C@@H](Cc1ccc(O)cc1)C(=O)NC1(CC(=O)O)CCC1. The van der Waals surface area contributed by atoms with Crippen molar-refractivity contribution in [3.63, 3.8) is 0 Å². The van der Waals surface area contributed by atoms with Crippen LogP contribution in [0.3, 0.4) is 0 Å². The zero-order valence-electron chi connectivity index (χ0n) is 11.7. The number of nitrogens with two attached hydrogens (primary N) is 1. The molecule has 1 saturated carbocycles. The van der Waals surface area contributed by atoms with Gasteiger partial charge in [0.2, 0.25) is 5.91 Å². The molecule has 1 aromatic rings. The number of hydrogen-bond acceptors (Lipinski definition) is 4. The van der Waals surface area contributed by atoms with E-state index in [1.807, 2.05) is 0 Å². The van der Waals surface area contributed by atoms with Gasteiger partial charge in [0.25, 0.3) is 0 Å². The molecule has 0 aromatic heterocycles. The predicted octanol–water partition coefficient (Wildman–Crippen LogP) is 0.776. The lowest BCUT2D eigenvalue weighted by atomic mass is 9.74. The number of benzene rings is 1. The van der Waals surface area contributed by atoms with Crippen LogP contribution in [0.4, 0.5) is 0 Å². The highest BCUT2D eigenvalue weighted by Gasteiger charge is 2.41. The molecule has 2 rings (SSSR count). The summed E-state index contributed by atoms with van der Waals surface area (Å²) in [5, 5.41) is 20.9. The maximum Gasteiger partial charge on any atom is 0.305 e. The average Bonchev–Trinajstić information content (AvgIpc) is 2.38. The van der Waals surface area contributed by atoms with Gasteiger partial charge in [-0.25, -0.2) is 0 Å². The van der Waals surface area contributed by atoms with E-state index in [1.54, 1.807) is 12.1 Å². The van der Waals surface area contributed by atoms with Crippen LogP contribution in [0.5, 0.6) is 5.75 Å². The minimum atomic E-state index is -0.915. The van der Waals surface area contributed by atoms with Crippen molar-refractivity contribution < 1.29 is 19.8 Å². The van der Waals surface area contributed by atoms with Crippen LogP contribution in [-0.2, 0) is 16.0 Å². The molecular weight excluding hydrogens is 272 g/mol. The average molecular weight is 292 g/mol. The Labute approximate surface area is 123 Å². The van der Waals surface area contributed by atoms with Crippen molar-refractivity contribution in [2.24, 2.45) is 5.73 Å². The van der Waals surface area contributed by atoms with Gasteiger partial charge in [0.05, 0.1) is 18.0 Å². The largest absolute Gasteiger partial charge is 0.508 e. The number of rotatable bonds is 6. The Hall–Kier alpha value is -2.08. The topological polar surface area (TPSA) is 113 Å². The summed E-state index contributed by atoms with van der Waals surface area (Å²) in [6.07, 6.45) is 2.55. The third kappa shape index (κ3) is 3.95. The van der Waals surface area contributed by atoms with Gasteiger partial charge >= 0.3 is 5.97 Å². The van der Waals surface area contributed by atoms with Crippen molar-refractivity contribution in [3.05, 3.63) is 29.8 Å². The zero-order chi connectivity index (χ0) is 15.5. The molecule has 0 aliphatic heterocycles. The summed E-state index contributed by atoms with van der Waals surface area (Å²) in [7, 11) is 0. The van der Waals surface area contributed by atoms with Gasteiger partial charge in [-0.05, 0) is 43.4 Å². The Kier molecular flexibility index (Phi) is 4.47. The standard InChI is InChI=1S/C15H20N2O4/c16-12(8-10-2-4-11(18)5-3-10)14(21)17-15(6-1-7-15)9-13(19)20/h2-5,12,18H,1,6-9,16H2,(H,17,21)(H,19,20)/t12-/m0/s1. The van der Waals surface area contributed by atoms with E-state index in [1.165, 1.54) is 12.1 Å². The number of nitrogens with one attached hydrogen (secondary N) is 1. The molecule has 6 nitrogen and oxygen atoms in total. The number of carbonyl (C=O) groups is 2. The van der Waals surface area contributed by atoms with Crippen LogP contribution in [0, 0.1) is 0 Å². The first-order valence-corrected chi connectivity index (χ1v) is 6.97. The predicted molar refractivity (Wildman–Crippen MR) is 76.8 cm³/mol. The Morgan fingerprint density at radius 2 is 1.90 bits per heavy atom. The van der Waals surface area contributed by atoms with E-state index in [0.717, 1.165) is 12.0 Å². The van der Waals surface area contributed by atoms with Crippen molar-refractivity contribution in [2.75, 3.05) is 0 Å². The molecule has 6 heteroatoms. The Bertz CT molecular complexity index is 523. The van der Waals surface area contributed by atoms with Gasteiger partial charge in [0.1, 0.15) is 5.75 Å². The van der Waals surface area contributed by atoms with Crippen LogP contribution in [0.25, 0.3) is 0 Å². The van der Waals surface area contributed by atoms with Crippen LogP contribution in [0.1, 0.15) is 31.2 Å². The number of carbonyl (C=O) groups excluding carboxylic acids is 1. The first-order chi connectivity index (χ1) is 9.90. The van der Waals surface area contributed by atoms with E-state index in [-0.39, 0.29) is 18.1 Å². The highest BCUT2D eigenvalue weighted by molar-refractivity contribution is 5.83. The third-order valence-corrected chi connectivity index (χ3v) is 3.92. The van der Waals surface area contributed by atoms with Crippen LogP contribution in [0.15, 0.2) is 24.3 Å². The van der Waals surface area contributed by atoms with Gasteiger partial charge in [0, 0.05) is 0 Å². The maximum absolute atomic E-state index is 12.1. The maximum atomic E-state index is 12.1. The quantitative estimate of drug-likeness (QED) is 0.619. The van der Waals surface area contributed by atoms with E-state index in [4.69, 9.17) is 10.8 Å². The number of aliphatic carboxylic acids is 1. The molecular formula is C15H20N2O4. The molecule has 1 aromatic carbocycles. The van der Waals surface area contributed by atoms with Crippen LogP contribution in [0.2, 0.25) is 0 Å².